The van der Waals surface area contributed by atoms with E-state index in [9.17, 15) is 8.78 Å². The number of hydrogen-bond donors (Lipinski definition) is 1. The molecule has 74 valence electrons. The molecule has 2 aromatic rings. The minimum atomic E-state index is -2.46. The number of thiophene rings is 1. The molecule has 0 amide bonds. The number of nitrogens with two attached hydrogens (primary N) is 1. The number of anilines is 1. The van der Waals surface area contributed by atoms with E-state index in [2.05, 4.69) is 15.9 Å². The number of halogens is 3. The average molecular weight is 278 g/mol. The Hall–Kier alpha value is -0.680. The second kappa shape index (κ2) is 3.47. The van der Waals surface area contributed by atoms with Crippen LogP contribution in [0.2, 0.25) is 0 Å². The van der Waals surface area contributed by atoms with Crippen molar-refractivity contribution >= 4 is 43.0 Å². The SMILES string of the molecule is Nc1ccc2scc(C(F)F)c2c1Br. The van der Waals surface area contributed by atoms with Gasteiger partial charge in [-0.05, 0) is 28.1 Å². The molecule has 5 heteroatoms. The molecule has 0 atom stereocenters. The molecule has 1 aromatic carbocycles. The van der Waals surface area contributed by atoms with Crippen molar-refractivity contribution in [2.75, 3.05) is 5.73 Å². The molecule has 0 aliphatic heterocycles. The quantitative estimate of drug-likeness (QED) is 0.778. The number of benzene rings is 1. The molecule has 0 saturated carbocycles. The third-order valence-corrected chi connectivity index (χ3v) is 3.79. The van der Waals surface area contributed by atoms with Crippen LogP contribution in [0.3, 0.4) is 0 Å². The highest BCUT2D eigenvalue weighted by Gasteiger charge is 2.16. The highest BCUT2D eigenvalue weighted by atomic mass is 79.9. The maximum atomic E-state index is 12.6. The van der Waals surface area contributed by atoms with Crippen molar-refractivity contribution in [2.24, 2.45) is 0 Å². The highest BCUT2D eigenvalue weighted by Crippen LogP contribution is 2.39. The number of hydrogen-bond acceptors (Lipinski definition) is 2. The fourth-order valence-corrected chi connectivity index (χ4v) is 2.95. The Labute approximate surface area is 91.7 Å². The molecule has 14 heavy (non-hydrogen) atoms. The largest absolute Gasteiger partial charge is 0.398 e. The van der Waals surface area contributed by atoms with Gasteiger partial charge in [-0.2, -0.15) is 0 Å². The minimum absolute atomic E-state index is 0.0455. The summed E-state index contributed by atoms with van der Waals surface area (Å²) >= 11 is 4.53. The van der Waals surface area contributed by atoms with E-state index >= 15 is 0 Å². The smallest absolute Gasteiger partial charge is 0.265 e. The average Bonchev–Trinajstić information content (AvgIpc) is 2.55. The van der Waals surface area contributed by atoms with Crippen LogP contribution >= 0.6 is 27.3 Å². The lowest BCUT2D eigenvalue weighted by Gasteiger charge is -2.02. The summed E-state index contributed by atoms with van der Waals surface area (Å²) in [5.41, 5.74) is 6.16. The van der Waals surface area contributed by atoms with Crippen LogP contribution in [0.4, 0.5) is 14.5 Å². The molecule has 0 aliphatic rings. The topological polar surface area (TPSA) is 26.0 Å². The van der Waals surface area contributed by atoms with Crippen LogP contribution in [0.25, 0.3) is 10.1 Å². The lowest BCUT2D eigenvalue weighted by molar-refractivity contribution is 0.153. The number of fused-ring (bicyclic) bond motifs is 1. The summed E-state index contributed by atoms with van der Waals surface area (Å²) in [6.07, 6.45) is -2.46. The summed E-state index contributed by atoms with van der Waals surface area (Å²) < 4.78 is 26.6. The highest BCUT2D eigenvalue weighted by molar-refractivity contribution is 9.10. The van der Waals surface area contributed by atoms with Crippen molar-refractivity contribution in [3.8, 4) is 0 Å². The van der Waals surface area contributed by atoms with Crippen molar-refractivity contribution in [2.45, 2.75) is 6.43 Å². The first-order valence-corrected chi connectivity index (χ1v) is 5.51. The molecular formula is C9H6BrF2NS. The predicted molar refractivity (Wildman–Crippen MR) is 58.9 cm³/mol. The molecule has 1 nitrogen and oxygen atoms in total. The van der Waals surface area contributed by atoms with Crippen molar-refractivity contribution in [1.82, 2.24) is 0 Å². The van der Waals surface area contributed by atoms with Gasteiger partial charge in [0.2, 0.25) is 0 Å². The van der Waals surface area contributed by atoms with Crippen LogP contribution in [0, 0.1) is 0 Å². The van der Waals surface area contributed by atoms with E-state index in [0.29, 0.717) is 15.5 Å². The Bertz CT molecular complexity index is 481. The Morgan fingerprint density at radius 2 is 2.07 bits per heavy atom. The molecule has 0 radical (unpaired) electrons. The van der Waals surface area contributed by atoms with E-state index in [1.807, 2.05) is 0 Å². The van der Waals surface area contributed by atoms with Gasteiger partial charge in [-0.15, -0.1) is 11.3 Å². The Morgan fingerprint density at radius 1 is 1.36 bits per heavy atom. The van der Waals surface area contributed by atoms with Crippen LogP contribution in [-0.2, 0) is 0 Å². The first-order chi connectivity index (χ1) is 6.61. The number of nitrogen functional groups attached to an aromatic ring is 1. The van der Waals surface area contributed by atoms with E-state index in [0.717, 1.165) is 4.70 Å². The molecule has 0 bridgehead atoms. The van der Waals surface area contributed by atoms with Gasteiger partial charge in [0.1, 0.15) is 0 Å². The monoisotopic (exact) mass is 277 g/mol. The lowest BCUT2D eigenvalue weighted by Crippen LogP contribution is -1.88. The molecule has 2 rings (SSSR count). The van der Waals surface area contributed by atoms with Gasteiger partial charge in [-0.25, -0.2) is 8.78 Å². The fourth-order valence-electron chi connectivity index (χ4n) is 1.29. The first-order valence-electron chi connectivity index (χ1n) is 3.84. The van der Waals surface area contributed by atoms with Crippen molar-refractivity contribution in [3.05, 3.63) is 27.5 Å². The van der Waals surface area contributed by atoms with Gasteiger partial charge in [-0.1, -0.05) is 0 Å². The summed E-state index contributed by atoms with van der Waals surface area (Å²) in [5.74, 6) is 0. The van der Waals surface area contributed by atoms with E-state index in [1.165, 1.54) is 16.7 Å². The van der Waals surface area contributed by atoms with Crippen LogP contribution in [0.5, 0.6) is 0 Å². The Balaban J connectivity index is 2.82. The van der Waals surface area contributed by atoms with Gasteiger partial charge in [0.05, 0.1) is 0 Å². The molecule has 1 aromatic heterocycles. The third-order valence-electron chi connectivity index (χ3n) is 1.97. The molecule has 2 N–H and O–H groups in total. The summed E-state index contributed by atoms with van der Waals surface area (Å²) in [6, 6.07) is 3.46. The minimum Gasteiger partial charge on any atom is -0.398 e. The van der Waals surface area contributed by atoms with Gasteiger partial charge in [-0.3, -0.25) is 0 Å². The van der Waals surface area contributed by atoms with Gasteiger partial charge in [0.25, 0.3) is 6.43 Å². The van der Waals surface area contributed by atoms with Crippen molar-refractivity contribution < 1.29 is 8.78 Å². The van der Waals surface area contributed by atoms with E-state index in [1.54, 1.807) is 12.1 Å². The Kier molecular flexibility index (Phi) is 2.45. The molecule has 1 heterocycles. The summed E-state index contributed by atoms with van der Waals surface area (Å²) in [6.45, 7) is 0. The zero-order valence-corrected chi connectivity index (χ0v) is 9.33. The standard InChI is InChI=1S/C9H6BrF2NS/c10-8-5(13)1-2-6-7(8)4(3-14-6)9(11)12/h1-3,9H,13H2. The van der Waals surface area contributed by atoms with Crippen molar-refractivity contribution in [3.63, 3.8) is 0 Å². The summed E-state index contributed by atoms with van der Waals surface area (Å²) in [7, 11) is 0. The second-order valence-electron chi connectivity index (χ2n) is 2.83. The normalized spacial score (nSPS) is 11.4. The molecule has 0 spiro atoms. The van der Waals surface area contributed by atoms with E-state index < -0.39 is 6.43 Å². The number of rotatable bonds is 1. The van der Waals surface area contributed by atoms with Crippen LogP contribution < -0.4 is 5.73 Å². The maximum absolute atomic E-state index is 12.6. The second-order valence-corrected chi connectivity index (χ2v) is 4.54. The third kappa shape index (κ3) is 1.40. The molecule has 0 aliphatic carbocycles. The van der Waals surface area contributed by atoms with Crippen molar-refractivity contribution in [1.29, 1.82) is 0 Å². The fraction of sp³-hybridized carbons (Fsp3) is 0.111. The van der Waals surface area contributed by atoms with Gasteiger partial charge in [0, 0.05) is 31.2 Å². The van der Waals surface area contributed by atoms with E-state index in [-0.39, 0.29) is 5.56 Å². The zero-order chi connectivity index (χ0) is 10.3. The molecule has 0 saturated heterocycles. The lowest BCUT2D eigenvalue weighted by atomic mass is 10.1. The maximum Gasteiger partial charge on any atom is 0.265 e. The van der Waals surface area contributed by atoms with Gasteiger partial charge < -0.3 is 5.73 Å². The van der Waals surface area contributed by atoms with Crippen LogP contribution in [0.1, 0.15) is 12.0 Å². The Morgan fingerprint density at radius 3 is 2.71 bits per heavy atom. The van der Waals surface area contributed by atoms with Crippen LogP contribution in [-0.4, -0.2) is 0 Å². The first kappa shape index (κ1) is 9.86. The van der Waals surface area contributed by atoms with Crippen LogP contribution in [0.15, 0.2) is 22.0 Å². The predicted octanol–water partition coefficient (Wildman–Crippen LogP) is 4.18. The molecule has 0 unspecified atom stereocenters. The van der Waals surface area contributed by atoms with Gasteiger partial charge >= 0.3 is 0 Å². The van der Waals surface area contributed by atoms with Gasteiger partial charge in [0.15, 0.2) is 0 Å². The summed E-state index contributed by atoms with van der Waals surface area (Å²) in [4.78, 5) is 0. The van der Waals surface area contributed by atoms with E-state index in [4.69, 9.17) is 5.73 Å². The number of alkyl halides is 2. The molecular weight excluding hydrogens is 272 g/mol. The molecule has 0 fully saturated rings. The zero-order valence-electron chi connectivity index (χ0n) is 6.93. The summed E-state index contributed by atoms with van der Waals surface area (Å²) in [5, 5.41) is 2.00.